The van der Waals surface area contributed by atoms with Gasteiger partial charge in [0.05, 0.1) is 36.1 Å². The fourth-order valence-electron chi connectivity index (χ4n) is 4.76. The number of rotatable bonds is 9. The largest absolute Gasteiger partial charge is 0.387 e. The van der Waals surface area contributed by atoms with E-state index in [0.29, 0.717) is 16.6 Å². The summed E-state index contributed by atoms with van der Waals surface area (Å²) >= 11 is 6.25. The highest BCUT2D eigenvalue weighted by atomic mass is 35.5. The minimum Gasteiger partial charge on any atom is -0.387 e. The number of fused-ring (bicyclic) bond motifs is 1. The molecular formula is C23H26ClFN5O9PS. The standard InChI is InChI=1S/C23H26ClFN5O9PS/c1-11(13-4-2-3-5-15(13)25)27-16-7-18(24)28-22-14(16)8-26-30(22)23-21(33)20(32)17(39-23)9-38-40(34,35)10-12-6-19(31)29-41(12,36)37/h2-5,7-8,11-12,17,20-21,23,32-33H,6,9-10H2,1H3,(H,27,28)(H,29,31)(H,34,35)/t11-,12?,17+,20+,21+,23+/m0/s1. The third-order valence-corrected chi connectivity index (χ3v) is 10.5. The molecule has 0 radical (unpaired) electrons. The number of amides is 1. The molecule has 5 N–H and O–H groups in total. The van der Waals surface area contributed by atoms with Crippen LogP contribution in [0.25, 0.3) is 11.0 Å². The summed E-state index contributed by atoms with van der Waals surface area (Å²) in [6.45, 7) is 1.07. The van der Waals surface area contributed by atoms with Gasteiger partial charge in [0.25, 0.3) is 0 Å². The number of aliphatic hydroxyl groups is 2. The van der Waals surface area contributed by atoms with Crippen LogP contribution in [-0.2, 0) is 28.6 Å². The lowest BCUT2D eigenvalue weighted by Crippen LogP contribution is -2.34. The Balaban J connectivity index is 1.32. The van der Waals surface area contributed by atoms with Crippen LogP contribution in [0.15, 0.2) is 36.5 Å². The molecule has 2 aliphatic heterocycles. The van der Waals surface area contributed by atoms with Crippen LogP contribution in [0.4, 0.5) is 10.1 Å². The summed E-state index contributed by atoms with van der Waals surface area (Å²) < 4.78 is 64.3. The van der Waals surface area contributed by atoms with Crippen molar-refractivity contribution in [2.24, 2.45) is 0 Å². The summed E-state index contributed by atoms with van der Waals surface area (Å²) in [5.41, 5.74) is 1.04. The number of carbonyl (C=O) groups excluding carboxylic acids is 1. The lowest BCUT2D eigenvalue weighted by Gasteiger charge is -2.19. The molecule has 2 aliphatic rings. The Kier molecular flexibility index (Phi) is 8.13. The van der Waals surface area contributed by atoms with Crippen molar-refractivity contribution in [3.8, 4) is 0 Å². The van der Waals surface area contributed by atoms with E-state index in [1.807, 2.05) is 0 Å². The number of aliphatic hydroxyl groups excluding tert-OH is 2. The van der Waals surface area contributed by atoms with Crippen molar-refractivity contribution in [1.82, 2.24) is 19.5 Å². The van der Waals surface area contributed by atoms with Gasteiger partial charge >= 0.3 is 7.60 Å². The van der Waals surface area contributed by atoms with E-state index >= 15 is 0 Å². The van der Waals surface area contributed by atoms with E-state index in [0.717, 1.165) is 0 Å². The van der Waals surface area contributed by atoms with Crippen LogP contribution in [-0.4, -0.2) is 80.5 Å². The summed E-state index contributed by atoms with van der Waals surface area (Å²) in [5.74, 6) is -1.19. The quantitative estimate of drug-likeness (QED) is 0.168. The van der Waals surface area contributed by atoms with Gasteiger partial charge in [0, 0.05) is 12.0 Å². The summed E-state index contributed by atoms with van der Waals surface area (Å²) in [5, 5.41) is 27.7. The zero-order valence-electron chi connectivity index (χ0n) is 21.3. The van der Waals surface area contributed by atoms with Crippen molar-refractivity contribution in [1.29, 1.82) is 0 Å². The second kappa shape index (κ2) is 11.2. The average molecular weight is 634 g/mol. The van der Waals surface area contributed by atoms with E-state index < -0.39 is 84.4 Å². The number of benzene rings is 1. The number of nitrogens with zero attached hydrogens (tertiary/aromatic N) is 3. The molecule has 222 valence electrons. The highest BCUT2D eigenvalue weighted by Crippen LogP contribution is 2.46. The highest BCUT2D eigenvalue weighted by Gasteiger charge is 2.47. The van der Waals surface area contributed by atoms with Crippen LogP contribution < -0.4 is 10.0 Å². The monoisotopic (exact) mass is 633 g/mol. The molecule has 14 nitrogen and oxygen atoms in total. The van der Waals surface area contributed by atoms with Gasteiger partial charge in [-0.05, 0) is 19.1 Å². The molecule has 0 aliphatic carbocycles. The van der Waals surface area contributed by atoms with Gasteiger partial charge in [0.2, 0.25) is 15.9 Å². The molecule has 4 heterocycles. The summed E-state index contributed by atoms with van der Waals surface area (Å²) in [7, 11) is -8.66. The zero-order valence-corrected chi connectivity index (χ0v) is 23.8. The van der Waals surface area contributed by atoms with Crippen molar-refractivity contribution in [3.05, 3.63) is 53.1 Å². The van der Waals surface area contributed by atoms with Crippen LogP contribution >= 0.6 is 19.2 Å². The molecule has 1 amide bonds. The highest BCUT2D eigenvalue weighted by molar-refractivity contribution is 7.91. The number of hydrogen-bond donors (Lipinski definition) is 5. The molecule has 2 aromatic heterocycles. The van der Waals surface area contributed by atoms with E-state index in [9.17, 15) is 37.3 Å². The Bertz CT molecular complexity index is 1640. The van der Waals surface area contributed by atoms with Crippen LogP contribution in [0.2, 0.25) is 5.15 Å². The van der Waals surface area contributed by atoms with Gasteiger partial charge in [-0.2, -0.15) is 5.10 Å². The Hall–Kier alpha value is -2.69. The third kappa shape index (κ3) is 6.10. The zero-order chi connectivity index (χ0) is 29.7. The molecule has 7 atom stereocenters. The van der Waals surface area contributed by atoms with Gasteiger partial charge in [0.15, 0.2) is 11.9 Å². The number of anilines is 1. The van der Waals surface area contributed by atoms with Gasteiger partial charge in [0.1, 0.15) is 34.5 Å². The van der Waals surface area contributed by atoms with Gasteiger partial charge < -0.3 is 29.7 Å². The maximum atomic E-state index is 14.3. The van der Waals surface area contributed by atoms with Crippen LogP contribution in [0.1, 0.15) is 31.2 Å². The van der Waals surface area contributed by atoms with E-state index in [4.69, 9.17) is 20.9 Å². The summed E-state index contributed by atoms with van der Waals surface area (Å²) in [6.07, 6.45) is -5.71. The Morgan fingerprint density at radius 2 is 2.07 bits per heavy atom. The number of sulfonamides is 1. The molecule has 0 saturated carbocycles. The molecule has 18 heteroatoms. The normalized spacial score (nSPS) is 28.0. The van der Waals surface area contributed by atoms with Crippen LogP contribution in [0.3, 0.4) is 0 Å². The van der Waals surface area contributed by atoms with Crippen molar-refractivity contribution >= 4 is 51.8 Å². The Morgan fingerprint density at radius 3 is 2.76 bits per heavy atom. The van der Waals surface area contributed by atoms with Crippen LogP contribution in [0.5, 0.6) is 0 Å². The van der Waals surface area contributed by atoms with Crippen molar-refractivity contribution in [2.45, 2.75) is 49.2 Å². The van der Waals surface area contributed by atoms with E-state index in [-0.39, 0.29) is 10.8 Å². The number of hydrogen-bond acceptors (Lipinski definition) is 11. The minimum absolute atomic E-state index is 0.0476. The van der Waals surface area contributed by atoms with Crippen molar-refractivity contribution < 1.29 is 46.5 Å². The van der Waals surface area contributed by atoms with E-state index in [1.165, 1.54) is 23.0 Å². The lowest BCUT2D eigenvalue weighted by molar-refractivity contribution is -0.118. The molecule has 2 fully saturated rings. The smallest absolute Gasteiger partial charge is 0.329 e. The molecule has 5 rings (SSSR count). The topological polar surface area (TPSA) is 202 Å². The number of ether oxygens (including phenoxy) is 1. The van der Waals surface area contributed by atoms with Gasteiger partial charge in [-0.15, -0.1) is 0 Å². The second-order valence-corrected chi connectivity index (χ2v) is 14.0. The molecule has 0 bridgehead atoms. The maximum absolute atomic E-state index is 14.3. The number of halogens is 2. The fourth-order valence-corrected chi connectivity index (χ4v) is 8.37. The van der Waals surface area contributed by atoms with E-state index in [2.05, 4.69) is 15.4 Å². The maximum Gasteiger partial charge on any atom is 0.329 e. The fraction of sp³-hybridized carbons (Fsp3) is 0.435. The molecule has 2 saturated heterocycles. The van der Waals surface area contributed by atoms with Gasteiger partial charge in [-0.25, -0.2) is 22.5 Å². The molecule has 0 spiro atoms. The first-order valence-corrected chi connectivity index (χ1v) is 16.0. The number of pyridine rings is 1. The Morgan fingerprint density at radius 1 is 1.34 bits per heavy atom. The first-order chi connectivity index (χ1) is 19.3. The first kappa shape index (κ1) is 29.8. The van der Waals surface area contributed by atoms with Crippen molar-refractivity contribution in [2.75, 3.05) is 18.1 Å². The first-order valence-electron chi connectivity index (χ1n) is 12.3. The number of carbonyl (C=O) groups is 1. The van der Waals surface area contributed by atoms with Crippen LogP contribution in [0, 0.1) is 5.82 Å². The average Bonchev–Trinajstić information content (AvgIpc) is 3.50. The number of nitrogens with one attached hydrogen (secondary N) is 2. The Labute approximate surface area is 238 Å². The predicted octanol–water partition coefficient (Wildman–Crippen LogP) is 1.44. The molecular weight excluding hydrogens is 608 g/mol. The molecule has 3 aromatic rings. The van der Waals surface area contributed by atoms with E-state index in [1.54, 1.807) is 29.8 Å². The summed E-state index contributed by atoms with van der Waals surface area (Å²) in [4.78, 5) is 25.8. The minimum atomic E-state index is -4.55. The number of aromatic nitrogens is 3. The summed E-state index contributed by atoms with van der Waals surface area (Å²) in [6, 6.07) is 7.32. The van der Waals surface area contributed by atoms with Gasteiger partial charge in [-0.1, -0.05) is 29.8 Å². The predicted molar refractivity (Wildman–Crippen MR) is 143 cm³/mol. The molecule has 1 aromatic carbocycles. The SMILES string of the molecule is C[C@H](Nc1cc(Cl)nc2c1cnn2[C@@H]1O[C@H](COP(=O)(O)CC2CC(=O)NS2(=O)=O)[C@@H](O)[C@H]1O)c1ccccc1F. The second-order valence-electron chi connectivity index (χ2n) is 9.76. The van der Waals surface area contributed by atoms with Crippen molar-refractivity contribution in [3.63, 3.8) is 0 Å². The lowest BCUT2D eigenvalue weighted by atomic mass is 10.1. The molecule has 2 unspecified atom stereocenters. The third-order valence-electron chi connectivity index (χ3n) is 6.84. The van der Waals surface area contributed by atoms with Gasteiger partial charge in [-0.3, -0.25) is 14.1 Å². The molecule has 41 heavy (non-hydrogen) atoms.